The summed E-state index contributed by atoms with van der Waals surface area (Å²) in [6.07, 6.45) is 4.44. The number of halogens is 1. The summed E-state index contributed by atoms with van der Waals surface area (Å²) >= 11 is 0. The molecule has 0 amide bonds. The van der Waals surface area contributed by atoms with Crippen LogP contribution in [-0.2, 0) is 12.8 Å². The Morgan fingerprint density at radius 2 is 1.81 bits per heavy atom. The lowest BCUT2D eigenvalue weighted by Gasteiger charge is -2.22. The van der Waals surface area contributed by atoms with Crippen LogP contribution in [0.2, 0.25) is 0 Å². The number of aryl methyl sites for hydroxylation is 1. The summed E-state index contributed by atoms with van der Waals surface area (Å²) in [6, 6.07) is 12.1. The summed E-state index contributed by atoms with van der Waals surface area (Å²) in [5, 5.41) is 4.63. The van der Waals surface area contributed by atoms with Crippen molar-refractivity contribution in [1.29, 1.82) is 0 Å². The Labute approximate surface area is 158 Å². The standard InChI is InChI=1S/C22H23FN2O2/c1-26-17-10-11-21-19(14-17)22(18-4-2-3-5-20(18)25-21)24-12-13-27-16-8-6-15(23)7-9-16/h6-11,14H,2-5,12-13H2,1H3,(H,24,25). The van der Waals surface area contributed by atoms with E-state index in [9.17, 15) is 4.39 Å². The summed E-state index contributed by atoms with van der Waals surface area (Å²) < 4.78 is 24.1. The minimum Gasteiger partial charge on any atom is -0.497 e. The van der Waals surface area contributed by atoms with Crippen molar-refractivity contribution in [2.75, 3.05) is 25.6 Å². The first-order chi connectivity index (χ1) is 13.2. The highest BCUT2D eigenvalue weighted by molar-refractivity contribution is 5.94. The van der Waals surface area contributed by atoms with Crippen molar-refractivity contribution >= 4 is 16.6 Å². The lowest BCUT2D eigenvalue weighted by atomic mass is 9.92. The van der Waals surface area contributed by atoms with Crippen molar-refractivity contribution < 1.29 is 13.9 Å². The van der Waals surface area contributed by atoms with Gasteiger partial charge in [0.05, 0.1) is 12.6 Å². The van der Waals surface area contributed by atoms with Gasteiger partial charge in [-0.05, 0) is 73.7 Å². The Morgan fingerprint density at radius 3 is 2.63 bits per heavy atom. The van der Waals surface area contributed by atoms with Crippen LogP contribution >= 0.6 is 0 Å². The normalized spacial score (nSPS) is 13.3. The smallest absolute Gasteiger partial charge is 0.123 e. The van der Waals surface area contributed by atoms with Crippen LogP contribution < -0.4 is 14.8 Å². The fourth-order valence-electron chi connectivity index (χ4n) is 3.61. The third-order valence-electron chi connectivity index (χ3n) is 4.96. The third kappa shape index (κ3) is 3.82. The van der Waals surface area contributed by atoms with Gasteiger partial charge < -0.3 is 14.8 Å². The number of hydrogen-bond donors (Lipinski definition) is 1. The first-order valence-corrected chi connectivity index (χ1v) is 9.36. The molecule has 0 unspecified atom stereocenters. The summed E-state index contributed by atoms with van der Waals surface area (Å²) in [6.45, 7) is 1.15. The maximum atomic E-state index is 13.0. The second-order valence-electron chi connectivity index (χ2n) is 6.73. The first kappa shape index (κ1) is 17.6. The minimum absolute atomic E-state index is 0.260. The highest BCUT2D eigenvalue weighted by Crippen LogP contribution is 2.34. The van der Waals surface area contributed by atoms with Gasteiger partial charge >= 0.3 is 0 Å². The summed E-state index contributed by atoms with van der Waals surface area (Å²) in [5.74, 6) is 1.23. The van der Waals surface area contributed by atoms with Crippen LogP contribution in [0.1, 0.15) is 24.1 Å². The van der Waals surface area contributed by atoms with E-state index in [0.29, 0.717) is 18.9 Å². The zero-order valence-electron chi connectivity index (χ0n) is 15.4. The largest absolute Gasteiger partial charge is 0.497 e. The zero-order chi connectivity index (χ0) is 18.6. The van der Waals surface area contributed by atoms with E-state index >= 15 is 0 Å². The average Bonchev–Trinajstić information content (AvgIpc) is 2.71. The quantitative estimate of drug-likeness (QED) is 0.639. The molecular formula is C22H23FN2O2. The molecule has 0 spiro atoms. The van der Waals surface area contributed by atoms with E-state index in [-0.39, 0.29) is 5.82 Å². The Balaban J connectivity index is 1.56. The molecule has 0 radical (unpaired) electrons. The number of rotatable bonds is 6. The highest BCUT2D eigenvalue weighted by atomic mass is 19.1. The van der Waals surface area contributed by atoms with Gasteiger partial charge in [0.15, 0.2) is 0 Å². The molecule has 1 heterocycles. The maximum Gasteiger partial charge on any atom is 0.123 e. The maximum absolute atomic E-state index is 13.0. The third-order valence-corrected chi connectivity index (χ3v) is 4.96. The van der Waals surface area contributed by atoms with Crippen LogP contribution in [0.15, 0.2) is 42.5 Å². The van der Waals surface area contributed by atoms with Crippen LogP contribution in [0.4, 0.5) is 10.1 Å². The fraction of sp³-hybridized carbons (Fsp3) is 0.318. The monoisotopic (exact) mass is 366 g/mol. The molecule has 0 atom stereocenters. The summed E-state index contributed by atoms with van der Waals surface area (Å²) in [5.41, 5.74) is 4.62. The number of methoxy groups -OCH3 is 1. The van der Waals surface area contributed by atoms with Crippen molar-refractivity contribution in [2.24, 2.45) is 0 Å². The molecule has 4 rings (SSSR count). The second-order valence-corrected chi connectivity index (χ2v) is 6.73. The topological polar surface area (TPSA) is 43.4 Å². The number of aromatic nitrogens is 1. The predicted octanol–water partition coefficient (Wildman–Crippen LogP) is 4.75. The van der Waals surface area contributed by atoms with Gasteiger partial charge in [0, 0.05) is 23.3 Å². The van der Waals surface area contributed by atoms with Gasteiger partial charge in [-0.15, -0.1) is 0 Å². The molecule has 0 aliphatic heterocycles. The fourth-order valence-corrected chi connectivity index (χ4v) is 3.61. The van der Waals surface area contributed by atoms with Gasteiger partial charge in [0.25, 0.3) is 0 Å². The molecule has 3 aromatic rings. The van der Waals surface area contributed by atoms with Gasteiger partial charge in [0.2, 0.25) is 0 Å². The van der Waals surface area contributed by atoms with Gasteiger partial charge in [-0.1, -0.05) is 0 Å². The van der Waals surface area contributed by atoms with E-state index in [1.165, 1.54) is 36.2 Å². The van der Waals surface area contributed by atoms with Crippen molar-refractivity contribution in [3.8, 4) is 11.5 Å². The molecule has 0 saturated carbocycles. The molecule has 0 saturated heterocycles. The Kier molecular flexibility index (Phi) is 5.10. The van der Waals surface area contributed by atoms with Crippen LogP contribution in [0.25, 0.3) is 10.9 Å². The van der Waals surface area contributed by atoms with Crippen LogP contribution in [0.3, 0.4) is 0 Å². The summed E-state index contributed by atoms with van der Waals surface area (Å²) in [4.78, 5) is 4.87. The Hall–Kier alpha value is -2.82. The number of nitrogens with one attached hydrogen (secondary N) is 1. The van der Waals surface area contributed by atoms with Gasteiger partial charge in [-0.25, -0.2) is 4.39 Å². The molecule has 0 bridgehead atoms. The van der Waals surface area contributed by atoms with E-state index in [1.807, 2.05) is 18.2 Å². The molecule has 4 nitrogen and oxygen atoms in total. The average molecular weight is 366 g/mol. The van der Waals surface area contributed by atoms with E-state index < -0.39 is 0 Å². The predicted molar refractivity (Wildman–Crippen MR) is 105 cm³/mol. The molecule has 5 heteroatoms. The lowest BCUT2D eigenvalue weighted by molar-refractivity contribution is 0.332. The highest BCUT2D eigenvalue weighted by Gasteiger charge is 2.18. The Morgan fingerprint density at radius 1 is 1.04 bits per heavy atom. The van der Waals surface area contributed by atoms with E-state index in [1.54, 1.807) is 19.2 Å². The van der Waals surface area contributed by atoms with Crippen molar-refractivity contribution in [3.05, 3.63) is 59.5 Å². The molecule has 1 aliphatic carbocycles. The van der Waals surface area contributed by atoms with Crippen molar-refractivity contribution in [3.63, 3.8) is 0 Å². The number of nitrogens with zero attached hydrogens (tertiary/aromatic N) is 1. The number of pyridine rings is 1. The van der Waals surface area contributed by atoms with Crippen molar-refractivity contribution in [1.82, 2.24) is 4.98 Å². The first-order valence-electron chi connectivity index (χ1n) is 9.36. The Bertz CT molecular complexity index is 941. The second kappa shape index (κ2) is 7.82. The number of hydrogen-bond acceptors (Lipinski definition) is 4. The molecule has 27 heavy (non-hydrogen) atoms. The van der Waals surface area contributed by atoms with E-state index in [2.05, 4.69) is 5.32 Å². The molecule has 2 aromatic carbocycles. The van der Waals surface area contributed by atoms with E-state index in [0.717, 1.165) is 35.2 Å². The SMILES string of the molecule is COc1ccc2nc3c(c(NCCOc4ccc(F)cc4)c2c1)CCCC3. The van der Waals surface area contributed by atoms with Crippen LogP contribution in [-0.4, -0.2) is 25.2 Å². The molecule has 1 N–H and O–H groups in total. The molecular weight excluding hydrogens is 343 g/mol. The van der Waals surface area contributed by atoms with Gasteiger partial charge in [-0.3, -0.25) is 4.98 Å². The molecule has 1 aliphatic rings. The van der Waals surface area contributed by atoms with Gasteiger partial charge in [-0.2, -0.15) is 0 Å². The molecule has 140 valence electrons. The number of ether oxygens (including phenoxy) is 2. The molecule has 0 fully saturated rings. The zero-order valence-corrected chi connectivity index (χ0v) is 15.4. The summed E-state index contributed by atoms with van der Waals surface area (Å²) in [7, 11) is 1.68. The van der Waals surface area contributed by atoms with Crippen LogP contribution in [0, 0.1) is 5.82 Å². The number of fused-ring (bicyclic) bond motifs is 2. The van der Waals surface area contributed by atoms with Crippen LogP contribution in [0.5, 0.6) is 11.5 Å². The lowest BCUT2D eigenvalue weighted by Crippen LogP contribution is -2.16. The minimum atomic E-state index is -0.260. The van der Waals surface area contributed by atoms with E-state index in [4.69, 9.17) is 14.5 Å². The van der Waals surface area contributed by atoms with Gasteiger partial charge in [0.1, 0.15) is 23.9 Å². The molecule has 1 aromatic heterocycles. The van der Waals surface area contributed by atoms with Crippen molar-refractivity contribution in [2.45, 2.75) is 25.7 Å². The number of benzene rings is 2. The number of anilines is 1.